The largest absolute Gasteiger partial charge is 0.508 e. The van der Waals surface area contributed by atoms with E-state index in [9.17, 15) is 15.0 Å². The topological polar surface area (TPSA) is 73.7 Å². The highest BCUT2D eigenvalue weighted by Gasteiger charge is 2.40. The SMILES string of the molecule is Cc1cncc2c1N(c1ccc(O)cc1)C(c1ccc(O)cc1)C2=O. The molecule has 1 aromatic heterocycles. The van der Waals surface area contributed by atoms with Gasteiger partial charge in [-0.25, -0.2) is 0 Å². The Morgan fingerprint density at radius 3 is 2.16 bits per heavy atom. The van der Waals surface area contributed by atoms with E-state index in [1.54, 1.807) is 60.9 Å². The van der Waals surface area contributed by atoms with Crippen molar-refractivity contribution in [2.24, 2.45) is 0 Å². The third-order valence-corrected chi connectivity index (χ3v) is 4.45. The highest BCUT2D eigenvalue weighted by molar-refractivity contribution is 6.13. The number of carbonyl (C=O) groups is 1. The van der Waals surface area contributed by atoms with Gasteiger partial charge in [0.25, 0.3) is 0 Å². The molecular formula is C20H16N2O3. The summed E-state index contributed by atoms with van der Waals surface area (Å²) in [6, 6.07) is 12.9. The second-order valence-electron chi connectivity index (χ2n) is 6.10. The number of rotatable bonds is 2. The molecular weight excluding hydrogens is 316 g/mol. The van der Waals surface area contributed by atoms with Gasteiger partial charge in [0.15, 0.2) is 5.78 Å². The van der Waals surface area contributed by atoms with E-state index in [1.165, 1.54) is 0 Å². The average Bonchev–Trinajstić information content (AvgIpc) is 2.91. The monoisotopic (exact) mass is 332 g/mol. The van der Waals surface area contributed by atoms with Crippen LogP contribution in [0.2, 0.25) is 0 Å². The van der Waals surface area contributed by atoms with Gasteiger partial charge in [0.05, 0.1) is 11.3 Å². The number of fused-ring (bicyclic) bond motifs is 1. The van der Waals surface area contributed by atoms with Gasteiger partial charge in [0.2, 0.25) is 0 Å². The van der Waals surface area contributed by atoms with E-state index in [0.29, 0.717) is 5.56 Å². The maximum absolute atomic E-state index is 13.1. The fourth-order valence-electron chi connectivity index (χ4n) is 3.30. The minimum atomic E-state index is -0.539. The summed E-state index contributed by atoms with van der Waals surface area (Å²) in [5.41, 5.74) is 3.89. The van der Waals surface area contributed by atoms with E-state index in [-0.39, 0.29) is 17.3 Å². The number of nitrogens with zero attached hydrogens (tertiary/aromatic N) is 2. The number of anilines is 2. The number of phenols is 2. The van der Waals surface area contributed by atoms with Gasteiger partial charge >= 0.3 is 0 Å². The van der Waals surface area contributed by atoms with Gasteiger partial charge in [-0.3, -0.25) is 9.78 Å². The molecule has 1 unspecified atom stereocenters. The molecule has 1 aliphatic rings. The Morgan fingerprint density at radius 2 is 1.52 bits per heavy atom. The quantitative estimate of drug-likeness (QED) is 0.745. The molecule has 25 heavy (non-hydrogen) atoms. The minimum Gasteiger partial charge on any atom is -0.508 e. The van der Waals surface area contributed by atoms with E-state index in [1.807, 2.05) is 11.8 Å². The van der Waals surface area contributed by atoms with Crippen LogP contribution in [0.25, 0.3) is 0 Å². The van der Waals surface area contributed by atoms with Crippen LogP contribution >= 0.6 is 0 Å². The molecule has 3 aromatic rings. The molecule has 2 aromatic carbocycles. The van der Waals surface area contributed by atoms with Gasteiger partial charge in [0.1, 0.15) is 17.5 Å². The molecule has 2 N–H and O–H groups in total. The molecule has 4 rings (SSSR count). The first-order valence-electron chi connectivity index (χ1n) is 7.92. The Hall–Kier alpha value is -3.34. The summed E-state index contributed by atoms with van der Waals surface area (Å²) in [7, 11) is 0. The predicted octanol–water partition coefficient (Wildman–Crippen LogP) is 3.88. The molecule has 0 aliphatic carbocycles. The summed E-state index contributed by atoms with van der Waals surface area (Å²) in [5.74, 6) is 0.285. The van der Waals surface area contributed by atoms with Crippen LogP contribution in [0.5, 0.6) is 11.5 Å². The number of ketones is 1. The summed E-state index contributed by atoms with van der Waals surface area (Å²) in [6.45, 7) is 1.92. The van der Waals surface area contributed by atoms with Gasteiger partial charge < -0.3 is 15.1 Å². The van der Waals surface area contributed by atoms with E-state index in [2.05, 4.69) is 4.98 Å². The minimum absolute atomic E-state index is 0.0371. The lowest BCUT2D eigenvalue weighted by atomic mass is 10.0. The van der Waals surface area contributed by atoms with Crippen molar-refractivity contribution in [3.63, 3.8) is 0 Å². The normalized spacial score (nSPS) is 16.1. The molecule has 0 bridgehead atoms. The molecule has 0 saturated heterocycles. The fraction of sp³-hybridized carbons (Fsp3) is 0.100. The van der Waals surface area contributed by atoms with Gasteiger partial charge in [-0.05, 0) is 54.4 Å². The first kappa shape index (κ1) is 15.2. The Kier molecular flexibility index (Phi) is 3.42. The molecule has 1 atom stereocenters. The molecule has 124 valence electrons. The van der Waals surface area contributed by atoms with Gasteiger partial charge in [0, 0.05) is 18.1 Å². The maximum Gasteiger partial charge on any atom is 0.193 e. The maximum atomic E-state index is 13.1. The number of pyridine rings is 1. The van der Waals surface area contributed by atoms with Crippen LogP contribution in [0.1, 0.15) is 27.5 Å². The first-order valence-corrected chi connectivity index (χ1v) is 7.92. The molecule has 0 fully saturated rings. The van der Waals surface area contributed by atoms with Gasteiger partial charge in [-0.2, -0.15) is 0 Å². The molecule has 0 amide bonds. The Bertz CT molecular complexity index is 950. The van der Waals surface area contributed by atoms with Crippen molar-refractivity contribution < 1.29 is 15.0 Å². The zero-order valence-electron chi connectivity index (χ0n) is 13.5. The number of carbonyl (C=O) groups excluding carboxylic acids is 1. The Balaban J connectivity index is 1.93. The lowest BCUT2D eigenvalue weighted by molar-refractivity contribution is 0.0973. The summed E-state index contributed by atoms with van der Waals surface area (Å²) in [4.78, 5) is 19.2. The van der Waals surface area contributed by atoms with E-state index >= 15 is 0 Å². The fourth-order valence-corrected chi connectivity index (χ4v) is 3.30. The number of Topliss-reactive ketones (excluding diaryl/α,β-unsaturated/α-hetero) is 1. The average molecular weight is 332 g/mol. The second kappa shape index (κ2) is 5.63. The van der Waals surface area contributed by atoms with Crippen molar-refractivity contribution >= 4 is 17.2 Å². The van der Waals surface area contributed by atoms with Crippen LogP contribution in [0.3, 0.4) is 0 Å². The highest BCUT2D eigenvalue weighted by atomic mass is 16.3. The third-order valence-electron chi connectivity index (χ3n) is 4.45. The summed E-state index contributed by atoms with van der Waals surface area (Å²) in [5, 5.41) is 19.2. The predicted molar refractivity (Wildman–Crippen MR) is 94.4 cm³/mol. The first-order chi connectivity index (χ1) is 12.1. The summed E-state index contributed by atoms with van der Waals surface area (Å²) < 4.78 is 0. The molecule has 0 saturated carbocycles. The highest BCUT2D eigenvalue weighted by Crippen LogP contribution is 2.46. The molecule has 5 nitrogen and oxygen atoms in total. The number of phenolic OH excluding ortho intramolecular Hbond substituents is 2. The van der Waals surface area contributed by atoms with Crippen LogP contribution in [-0.2, 0) is 0 Å². The smallest absolute Gasteiger partial charge is 0.193 e. The van der Waals surface area contributed by atoms with Crippen molar-refractivity contribution in [2.45, 2.75) is 13.0 Å². The van der Waals surface area contributed by atoms with Crippen LogP contribution in [0.4, 0.5) is 11.4 Å². The van der Waals surface area contributed by atoms with Crippen LogP contribution in [0, 0.1) is 6.92 Å². The summed E-state index contributed by atoms with van der Waals surface area (Å²) >= 11 is 0. The molecule has 5 heteroatoms. The van der Waals surface area contributed by atoms with Crippen molar-refractivity contribution in [1.29, 1.82) is 0 Å². The molecule has 1 aliphatic heterocycles. The molecule has 0 spiro atoms. The van der Waals surface area contributed by atoms with Gasteiger partial charge in [-0.15, -0.1) is 0 Å². The summed E-state index contributed by atoms with van der Waals surface area (Å²) in [6.07, 6.45) is 3.33. The van der Waals surface area contributed by atoms with Crippen LogP contribution in [-0.4, -0.2) is 21.0 Å². The zero-order chi connectivity index (χ0) is 17.6. The lowest BCUT2D eigenvalue weighted by Gasteiger charge is -2.27. The Labute approximate surface area is 144 Å². The lowest BCUT2D eigenvalue weighted by Crippen LogP contribution is -2.23. The standard InChI is InChI=1S/C20H16N2O3/c1-12-10-21-11-17-18(12)22(14-4-8-16(24)9-5-14)19(20(17)25)13-2-6-15(23)7-3-13/h2-11,19,23-24H,1H3. The van der Waals surface area contributed by atoms with E-state index in [4.69, 9.17) is 0 Å². The van der Waals surface area contributed by atoms with Gasteiger partial charge in [-0.1, -0.05) is 12.1 Å². The number of aromatic hydroxyl groups is 2. The van der Waals surface area contributed by atoms with Crippen LogP contribution < -0.4 is 4.90 Å². The van der Waals surface area contributed by atoms with E-state index in [0.717, 1.165) is 22.5 Å². The molecule has 2 heterocycles. The van der Waals surface area contributed by atoms with Crippen molar-refractivity contribution in [1.82, 2.24) is 4.98 Å². The van der Waals surface area contributed by atoms with Crippen molar-refractivity contribution in [3.8, 4) is 11.5 Å². The third kappa shape index (κ3) is 2.41. The number of hydrogen-bond acceptors (Lipinski definition) is 5. The molecule has 0 radical (unpaired) electrons. The number of aromatic nitrogens is 1. The second-order valence-corrected chi connectivity index (χ2v) is 6.10. The van der Waals surface area contributed by atoms with Crippen LogP contribution in [0.15, 0.2) is 60.9 Å². The number of benzene rings is 2. The van der Waals surface area contributed by atoms with Crippen molar-refractivity contribution in [2.75, 3.05) is 4.90 Å². The Morgan fingerprint density at radius 1 is 0.920 bits per heavy atom. The van der Waals surface area contributed by atoms with E-state index < -0.39 is 6.04 Å². The number of hydrogen-bond donors (Lipinski definition) is 2. The van der Waals surface area contributed by atoms with Crippen molar-refractivity contribution in [3.05, 3.63) is 77.6 Å². The zero-order valence-corrected chi connectivity index (χ0v) is 13.5. The number of aryl methyl sites for hydroxylation is 1.